The number of rotatable bonds is 8. The molecule has 0 spiro atoms. The molecule has 1 saturated heterocycles. The molecule has 2 rings (SSSR count). The number of benzene rings is 1. The van der Waals surface area contributed by atoms with E-state index in [0.29, 0.717) is 18.4 Å². The minimum atomic E-state index is -0.291. The maximum absolute atomic E-state index is 12.6. The summed E-state index contributed by atoms with van der Waals surface area (Å²) >= 11 is 0. The highest BCUT2D eigenvalue weighted by Gasteiger charge is 2.23. The third-order valence-corrected chi connectivity index (χ3v) is 5.29. The molecule has 6 heteroatoms. The molecule has 1 amide bonds. The molecule has 0 aromatic heterocycles. The van der Waals surface area contributed by atoms with E-state index in [-0.39, 0.29) is 18.1 Å². The van der Waals surface area contributed by atoms with E-state index in [9.17, 15) is 4.79 Å². The van der Waals surface area contributed by atoms with Crippen LogP contribution in [0, 0.1) is 5.92 Å². The van der Waals surface area contributed by atoms with E-state index in [0.717, 1.165) is 38.9 Å². The zero-order chi connectivity index (χ0) is 20.4. The number of likely N-dealkylation sites (tertiary alicyclic amines) is 1. The molecule has 1 aliphatic heterocycles. The lowest BCUT2D eigenvalue weighted by atomic mass is 9.90. The van der Waals surface area contributed by atoms with E-state index in [2.05, 4.69) is 46.0 Å². The maximum atomic E-state index is 12.6. The summed E-state index contributed by atoms with van der Waals surface area (Å²) in [5, 5.41) is 6.43. The molecule has 28 heavy (non-hydrogen) atoms. The van der Waals surface area contributed by atoms with Gasteiger partial charge < -0.3 is 20.3 Å². The number of guanidine groups is 1. The van der Waals surface area contributed by atoms with Gasteiger partial charge in [-0.05, 0) is 51.5 Å². The number of amides is 1. The fourth-order valence-electron chi connectivity index (χ4n) is 3.29. The van der Waals surface area contributed by atoms with E-state index in [1.165, 1.54) is 5.56 Å². The highest BCUT2D eigenvalue weighted by atomic mass is 16.5. The molecule has 0 bridgehead atoms. The number of carbonyl (C=O) groups excluding carboxylic acids is 1. The van der Waals surface area contributed by atoms with E-state index in [1.54, 1.807) is 7.11 Å². The summed E-state index contributed by atoms with van der Waals surface area (Å²) in [4.78, 5) is 19.0. The van der Waals surface area contributed by atoms with Crippen LogP contribution in [-0.2, 0) is 16.0 Å². The summed E-state index contributed by atoms with van der Waals surface area (Å²) in [6.07, 6.45) is 3.22. The quantitative estimate of drug-likeness (QED) is 0.530. The number of piperidine rings is 1. The molecular weight excluding hydrogens is 352 g/mol. The normalized spacial score (nSPS) is 16.1. The van der Waals surface area contributed by atoms with E-state index < -0.39 is 0 Å². The van der Waals surface area contributed by atoms with Gasteiger partial charge in [0.25, 0.3) is 0 Å². The second-order valence-corrected chi connectivity index (χ2v) is 8.03. The Morgan fingerprint density at radius 1 is 1.21 bits per heavy atom. The Morgan fingerprint density at radius 3 is 2.50 bits per heavy atom. The van der Waals surface area contributed by atoms with Crippen molar-refractivity contribution in [3.8, 4) is 0 Å². The fraction of sp³-hybridized carbons (Fsp3) is 0.636. The molecule has 1 fully saturated rings. The largest absolute Gasteiger partial charge is 0.377 e. The summed E-state index contributed by atoms with van der Waals surface area (Å²) < 4.78 is 5.42. The first-order valence-corrected chi connectivity index (χ1v) is 10.3. The zero-order valence-electron chi connectivity index (χ0n) is 17.8. The molecule has 1 aliphatic rings. The molecule has 1 aromatic rings. The number of methoxy groups -OCH3 is 1. The van der Waals surface area contributed by atoms with Crippen molar-refractivity contribution >= 4 is 11.9 Å². The molecule has 156 valence electrons. The number of carbonyl (C=O) groups is 1. The molecule has 0 aliphatic carbocycles. The molecular formula is C22H36N4O2. The van der Waals surface area contributed by atoms with Crippen molar-refractivity contribution < 1.29 is 9.53 Å². The van der Waals surface area contributed by atoms with Crippen LogP contribution >= 0.6 is 0 Å². The molecule has 0 radical (unpaired) electrons. The number of hydrogen-bond acceptors (Lipinski definition) is 3. The first-order valence-electron chi connectivity index (χ1n) is 10.3. The summed E-state index contributed by atoms with van der Waals surface area (Å²) in [7, 11) is 1.69. The Morgan fingerprint density at radius 2 is 1.89 bits per heavy atom. The molecule has 0 atom stereocenters. The molecule has 0 saturated carbocycles. The monoisotopic (exact) mass is 388 g/mol. The van der Waals surface area contributed by atoms with Crippen LogP contribution in [0.25, 0.3) is 0 Å². The molecule has 6 nitrogen and oxygen atoms in total. The number of ether oxygens (including phenoxy) is 1. The number of nitrogens with one attached hydrogen (secondary N) is 2. The van der Waals surface area contributed by atoms with Crippen molar-refractivity contribution in [3.05, 3.63) is 35.9 Å². The van der Waals surface area contributed by atoms with Gasteiger partial charge in [0, 0.05) is 33.3 Å². The lowest BCUT2D eigenvalue weighted by Gasteiger charge is -2.32. The van der Waals surface area contributed by atoms with Crippen LogP contribution in [0.4, 0.5) is 0 Å². The van der Waals surface area contributed by atoms with Gasteiger partial charge in [0.2, 0.25) is 5.91 Å². The lowest BCUT2D eigenvalue weighted by molar-refractivity contribution is -0.130. The van der Waals surface area contributed by atoms with Crippen molar-refractivity contribution in [2.24, 2.45) is 10.9 Å². The number of nitrogens with zero attached hydrogens (tertiary/aromatic N) is 2. The smallest absolute Gasteiger partial charge is 0.244 e. The van der Waals surface area contributed by atoms with Crippen molar-refractivity contribution in [2.45, 2.75) is 45.6 Å². The van der Waals surface area contributed by atoms with Crippen molar-refractivity contribution in [2.75, 3.05) is 39.8 Å². The van der Waals surface area contributed by atoms with Crippen LogP contribution in [0.2, 0.25) is 0 Å². The van der Waals surface area contributed by atoms with E-state index in [4.69, 9.17) is 4.74 Å². The molecule has 0 unspecified atom stereocenters. The fourth-order valence-corrected chi connectivity index (χ4v) is 3.29. The van der Waals surface area contributed by atoms with Gasteiger partial charge in [-0.15, -0.1) is 0 Å². The van der Waals surface area contributed by atoms with Crippen LogP contribution < -0.4 is 10.6 Å². The Hall–Kier alpha value is -2.08. The van der Waals surface area contributed by atoms with Crippen molar-refractivity contribution in [3.63, 3.8) is 0 Å². The molecule has 1 heterocycles. The molecule has 2 N–H and O–H groups in total. The summed E-state index contributed by atoms with van der Waals surface area (Å²) in [6.45, 7) is 9.22. The Bertz CT molecular complexity index is 623. The van der Waals surface area contributed by atoms with Crippen LogP contribution in [0.5, 0.6) is 0 Å². The topological polar surface area (TPSA) is 66.0 Å². The SMILES string of the molecule is CCNC(=NCC(=O)N1CCC(Cc2ccccc2)CC1)NCC(C)(C)OC. The summed E-state index contributed by atoms with van der Waals surface area (Å²) in [6, 6.07) is 10.6. The van der Waals surface area contributed by atoms with Crippen LogP contribution in [0.3, 0.4) is 0 Å². The second kappa shape index (κ2) is 11.1. The van der Waals surface area contributed by atoms with Crippen LogP contribution in [-0.4, -0.2) is 62.2 Å². The Labute approximate surface area is 169 Å². The zero-order valence-corrected chi connectivity index (χ0v) is 17.8. The van der Waals surface area contributed by atoms with Gasteiger partial charge >= 0.3 is 0 Å². The van der Waals surface area contributed by atoms with Gasteiger partial charge in [0.05, 0.1) is 5.60 Å². The summed E-state index contributed by atoms with van der Waals surface area (Å²) in [5.74, 6) is 1.41. The van der Waals surface area contributed by atoms with Gasteiger partial charge in [0.1, 0.15) is 6.54 Å². The first-order chi connectivity index (χ1) is 13.4. The predicted molar refractivity (Wildman–Crippen MR) is 115 cm³/mol. The van der Waals surface area contributed by atoms with Crippen molar-refractivity contribution in [1.29, 1.82) is 0 Å². The van der Waals surface area contributed by atoms with Crippen LogP contribution in [0.1, 0.15) is 39.2 Å². The van der Waals surface area contributed by atoms with Gasteiger partial charge in [-0.1, -0.05) is 30.3 Å². The van der Waals surface area contributed by atoms with E-state index in [1.807, 2.05) is 25.7 Å². The molecule has 1 aromatic carbocycles. The second-order valence-electron chi connectivity index (χ2n) is 8.03. The average molecular weight is 389 g/mol. The maximum Gasteiger partial charge on any atom is 0.244 e. The van der Waals surface area contributed by atoms with Crippen LogP contribution in [0.15, 0.2) is 35.3 Å². The third kappa shape index (κ3) is 7.50. The van der Waals surface area contributed by atoms with Gasteiger partial charge in [-0.3, -0.25) is 4.79 Å². The Balaban J connectivity index is 1.79. The standard InChI is InChI=1S/C22H36N4O2/c1-5-23-21(25-17-22(2,3)28-4)24-16-20(27)26-13-11-19(12-14-26)15-18-9-7-6-8-10-18/h6-10,19H,5,11-17H2,1-4H3,(H2,23,24,25). The van der Waals surface area contributed by atoms with E-state index >= 15 is 0 Å². The number of aliphatic imine (C=N–C) groups is 1. The predicted octanol–water partition coefficient (Wildman–Crippen LogP) is 2.45. The summed E-state index contributed by atoms with van der Waals surface area (Å²) in [5.41, 5.74) is 1.10. The minimum Gasteiger partial charge on any atom is -0.377 e. The first kappa shape index (κ1) is 22.2. The van der Waals surface area contributed by atoms with Gasteiger partial charge in [0.15, 0.2) is 5.96 Å². The Kier molecular flexibility index (Phi) is 8.77. The number of hydrogen-bond donors (Lipinski definition) is 2. The lowest BCUT2D eigenvalue weighted by Crippen LogP contribution is -2.46. The minimum absolute atomic E-state index is 0.0985. The van der Waals surface area contributed by atoms with Crippen molar-refractivity contribution in [1.82, 2.24) is 15.5 Å². The highest BCUT2D eigenvalue weighted by Crippen LogP contribution is 2.21. The average Bonchev–Trinajstić information content (AvgIpc) is 2.71. The highest BCUT2D eigenvalue weighted by molar-refractivity contribution is 5.85. The third-order valence-electron chi connectivity index (χ3n) is 5.29. The van der Waals surface area contributed by atoms with Gasteiger partial charge in [-0.25, -0.2) is 4.99 Å². The van der Waals surface area contributed by atoms with Gasteiger partial charge in [-0.2, -0.15) is 0 Å².